The monoisotopic (exact) mass is 296 g/mol. The van der Waals surface area contributed by atoms with Crippen LogP contribution in [0, 0.1) is 6.92 Å². The second-order valence-corrected chi connectivity index (χ2v) is 5.75. The van der Waals surface area contributed by atoms with E-state index in [-0.39, 0.29) is 6.04 Å². The van der Waals surface area contributed by atoms with Gasteiger partial charge in [0.05, 0.1) is 11.7 Å². The van der Waals surface area contributed by atoms with Crippen LogP contribution in [0.25, 0.3) is 0 Å². The van der Waals surface area contributed by atoms with Crippen molar-refractivity contribution in [2.45, 2.75) is 31.8 Å². The lowest BCUT2D eigenvalue weighted by molar-refractivity contribution is -0.142. The molecule has 0 radical (unpaired) electrons. The maximum Gasteiger partial charge on any atom is 0.320 e. The van der Waals surface area contributed by atoms with Gasteiger partial charge in [-0.3, -0.25) is 14.7 Å². The average Bonchev–Trinajstić information content (AvgIpc) is 2.98. The van der Waals surface area contributed by atoms with E-state index in [1.807, 2.05) is 55.5 Å². The molecule has 1 N–H and O–H groups in total. The molecule has 0 saturated carbocycles. The zero-order valence-electron chi connectivity index (χ0n) is 12.6. The molecule has 4 nitrogen and oxygen atoms in total. The van der Waals surface area contributed by atoms with Gasteiger partial charge in [0.1, 0.15) is 6.04 Å². The third-order valence-corrected chi connectivity index (χ3v) is 4.22. The number of hydrogen-bond donors (Lipinski definition) is 1. The van der Waals surface area contributed by atoms with Crippen LogP contribution < -0.4 is 0 Å². The van der Waals surface area contributed by atoms with Gasteiger partial charge >= 0.3 is 5.97 Å². The molecule has 1 saturated heterocycles. The SMILES string of the molecule is Cc1cccc(C(c2ccccc2)N2CCCC2C(=O)O)n1. The van der Waals surface area contributed by atoms with Crippen LogP contribution in [0.1, 0.15) is 35.8 Å². The number of aromatic nitrogens is 1. The third kappa shape index (κ3) is 2.88. The summed E-state index contributed by atoms with van der Waals surface area (Å²) in [4.78, 5) is 18.3. The molecule has 1 aliphatic heterocycles. The number of aliphatic carboxylic acids is 1. The fourth-order valence-electron chi connectivity index (χ4n) is 3.25. The summed E-state index contributed by atoms with van der Waals surface area (Å²) in [5.41, 5.74) is 2.96. The van der Waals surface area contributed by atoms with Crippen LogP contribution in [-0.2, 0) is 4.79 Å². The van der Waals surface area contributed by atoms with Gasteiger partial charge in [-0.2, -0.15) is 0 Å². The molecule has 0 bridgehead atoms. The summed E-state index contributed by atoms with van der Waals surface area (Å²) in [7, 11) is 0. The Hall–Kier alpha value is -2.20. The Labute approximate surface area is 130 Å². The van der Waals surface area contributed by atoms with Gasteiger partial charge in [-0.05, 0) is 37.5 Å². The standard InChI is InChI=1S/C18H20N2O2/c1-13-7-5-10-15(19-13)17(14-8-3-2-4-9-14)20-12-6-11-16(20)18(21)22/h2-5,7-10,16-17H,6,11-12H2,1H3,(H,21,22). The molecule has 2 unspecified atom stereocenters. The zero-order valence-corrected chi connectivity index (χ0v) is 12.6. The first-order chi connectivity index (χ1) is 10.7. The fourth-order valence-corrected chi connectivity index (χ4v) is 3.25. The molecular weight excluding hydrogens is 276 g/mol. The summed E-state index contributed by atoms with van der Waals surface area (Å²) in [5.74, 6) is -0.744. The number of benzene rings is 1. The molecule has 0 amide bonds. The normalized spacial score (nSPS) is 20.0. The lowest BCUT2D eigenvalue weighted by atomic mass is 10.00. The minimum Gasteiger partial charge on any atom is -0.480 e. The predicted molar refractivity (Wildman–Crippen MR) is 84.6 cm³/mol. The molecule has 0 aliphatic carbocycles. The van der Waals surface area contributed by atoms with Gasteiger partial charge in [-0.25, -0.2) is 0 Å². The number of aryl methyl sites for hydroxylation is 1. The molecule has 1 aromatic carbocycles. The summed E-state index contributed by atoms with van der Waals surface area (Å²) in [6.45, 7) is 2.75. The van der Waals surface area contributed by atoms with E-state index in [0.717, 1.165) is 29.9 Å². The zero-order chi connectivity index (χ0) is 15.5. The van der Waals surface area contributed by atoms with Gasteiger partial charge in [0.2, 0.25) is 0 Å². The largest absolute Gasteiger partial charge is 0.480 e. The highest BCUT2D eigenvalue weighted by Gasteiger charge is 2.37. The molecule has 2 heterocycles. The van der Waals surface area contributed by atoms with Crippen molar-refractivity contribution < 1.29 is 9.90 Å². The van der Waals surface area contributed by atoms with E-state index >= 15 is 0 Å². The highest BCUT2D eigenvalue weighted by Crippen LogP contribution is 2.34. The molecule has 4 heteroatoms. The highest BCUT2D eigenvalue weighted by atomic mass is 16.4. The second-order valence-electron chi connectivity index (χ2n) is 5.75. The van der Waals surface area contributed by atoms with Crippen LogP contribution in [0.3, 0.4) is 0 Å². The first-order valence-electron chi connectivity index (χ1n) is 7.64. The lowest BCUT2D eigenvalue weighted by Crippen LogP contribution is -2.39. The summed E-state index contributed by atoms with van der Waals surface area (Å²) in [6, 6.07) is 15.4. The Balaban J connectivity index is 2.05. The van der Waals surface area contributed by atoms with Crippen molar-refractivity contribution in [3.63, 3.8) is 0 Å². The Morgan fingerprint density at radius 1 is 1.23 bits per heavy atom. The maximum absolute atomic E-state index is 11.6. The van der Waals surface area contributed by atoms with Crippen molar-refractivity contribution in [2.24, 2.45) is 0 Å². The van der Waals surface area contributed by atoms with Crippen molar-refractivity contribution in [1.82, 2.24) is 9.88 Å². The fraction of sp³-hybridized carbons (Fsp3) is 0.333. The molecule has 2 aromatic rings. The van der Waals surface area contributed by atoms with Gasteiger partial charge in [0.25, 0.3) is 0 Å². The third-order valence-electron chi connectivity index (χ3n) is 4.22. The number of pyridine rings is 1. The van der Waals surface area contributed by atoms with Crippen LogP contribution in [0.2, 0.25) is 0 Å². The van der Waals surface area contributed by atoms with E-state index in [4.69, 9.17) is 0 Å². The number of hydrogen-bond acceptors (Lipinski definition) is 3. The van der Waals surface area contributed by atoms with Crippen LogP contribution >= 0.6 is 0 Å². The van der Waals surface area contributed by atoms with Gasteiger partial charge in [0, 0.05) is 12.2 Å². The van der Waals surface area contributed by atoms with E-state index in [9.17, 15) is 9.90 Å². The van der Waals surface area contributed by atoms with Gasteiger partial charge in [0.15, 0.2) is 0 Å². The van der Waals surface area contributed by atoms with Crippen molar-refractivity contribution in [3.05, 3.63) is 65.5 Å². The van der Waals surface area contributed by atoms with Crippen LogP contribution in [-0.4, -0.2) is 33.5 Å². The maximum atomic E-state index is 11.6. The molecule has 114 valence electrons. The number of likely N-dealkylation sites (tertiary alicyclic amines) is 1. The summed E-state index contributed by atoms with van der Waals surface area (Å²) >= 11 is 0. The van der Waals surface area contributed by atoms with E-state index in [2.05, 4.69) is 9.88 Å². The summed E-state index contributed by atoms with van der Waals surface area (Å²) in [5, 5.41) is 9.52. The summed E-state index contributed by atoms with van der Waals surface area (Å²) in [6.07, 6.45) is 1.61. The smallest absolute Gasteiger partial charge is 0.320 e. The Morgan fingerprint density at radius 3 is 2.68 bits per heavy atom. The van der Waals surface area contributed by atoms with Gasteiger partial charge in [-0.1, -0.05) is 36.4 Å². The Kier molecular flexibility index (Phi) is 4.20. The van der Waals surface area contributed by atoms with E-state index in [1.54, 1.807) is 0 Å². The van der Waals surface area contributed by atoms with E-state index < -0.39 is 12.0 Å². The first kappa shape index (κ1) is 14.7. The van der Waals surface area contributed by atoms with E-state index in [1.165, 1.54) is 0 Å². The first-order valence-corrected chi connectivity index (χ1v) is 7.64. The average molecular weight is 296 g/mol. The highest BCUT2D eigenvalue weighted by molar-refractivity contribution is 5.74. The van der Waals surface area contributed by atoms with Gasteiger partial charge in [-0.15, -0.1) is 0 Å². The van der Waals surface area contributed by atoms with Crippen molar-refractivity contribution >= 4 is 5.97 Å². The Bertz CT molecular complexity index is 657. The molecule has 3 rings (SSSR count). The molecular formula is C18H20N2O2. The van der Waals surface area contributed by atoms with Crippen LogP contribution in [0.5, 0.6) is 0 Å². The number of rotatable bonds is 4. The Morgan fingerprint density at radius 2 is 2.00 bits per heavy atom. The van der Waals surface area contributed by atoms with E-state index in [0.29, 0.717) is 6.42 Å². The van der Waals surface area contributed by atoms with Crippen LogP contribution in [0.4, 0.5) is 0 Å². The molecule has 1 aromatic heterocycles. The topological polar surface area (TPSA) is 53.4 Å². The number of carbonyl (C=O) groups is 1. The second kappa shape index (κ2) is 6.28. The number of carboxylic acids is 1. The van der Waals surface area contributed by atoms with Crippen molar-refractivity contribution in [3.8, 4) is 0 Å². The minimum atomic E-state index is -0.744. The molecule has 0 spiro atoms. The van der Waals surface area contributed by atoms with Crippen LogP contribution in [0.15, 0.2) is 48.5 Å². The van der Waals surface area contributed by atoms with Gasteiger partial charge < -0.3 is 5.11 Å². The summed E-state index contributed by atoms with van der Waals surface area (Å²) < 4.78 is 0. The lowest BCUT2D eigenvalue weighted by Gasteiger charge is -2.31. The number of nitrogens with zero attached hydrogens (tertiary/aromatic N) is 2. The van der Waals surface area contributed by atoms with Crippen molar-refractivity contribution in [1.29, 1.82) is 0 Å². The quantitative estimate of drug-likeness (QED) is 0.942. The molecule has 2 atom stereocenters. The molecule has 22 heavy (non-hydrogen) atoms. The predicted octanol–water partition coefficient (Wildman–Crippen LogP) is 3.03. The molecule has 1 aliphatic rings. The minimum absolute atomic E-state index is 0.107. The number of carboxylic acid groups (broad SMARTS) is 1. The molecule has 1 fully saturated rings. The van der Waals surface area contributed by atoms with Crippen molar-refractivity contribution in [2.75, 3.05) is 6.54 Å².